The van der Waals surface area contributed by atoms with E-state index < -0.39 is 0 Å². The normalized spacial score (nSPS) is 13.5. The maximum absolute atomic E-state index is 9.20. The number of hydrogen-bond donors (Lipinski definition) is 1. The Morgan fingerprint density at radius 1 is 0.783 bits per heavy atom. The summed E-state index contributed by atoms with van der Waals surface area (Å²) in [4.78, 5) is 0. The summed E-state index contributed by atoms with van der Waals surface area (Å²) in [6.07, 6.45) is 21.9. The highest BCUT2D eigenvalue weighted by molar-refractivity contribution is 4.84. The first-order valence-corrected chi connectivity index (χ1v) is 10.2. The molecule has 0 radical (unpaired) electrons. The summed E-state index contributed by atoms with van der Waals surface area (Å²) in [5, 5.41) is 9.20. The molecule has 136 valence electrons. The molecule has 0 rings (SSSR count). The van der Waals surface area contributed by atoms with Crippen LogP contribution in [0, 0.1) is 5.92 Å². The first kappa shape index (κ1) is 22.5. The number of aliphatic hydroxyl groups is 1. The number of allylic oxidation sites excluding steroid dienone is 1. The highest BCUT2D eigenvalue weighted by atomic mass is 16.3. The van der Waals surface area contributed by atoms with Gasteiger partial charge in [-0.25, -0.2) is 0 Å². The Bertz CT molecular complexity index is 276. The summed E-state index contributed by atoms with van der Waals surface area (Å²) < 4.78 is 0. The van der Waals surface area contributed by atoms with Gasteiger partial charge in [0.25, 0.3) is 0 Å². The first-order chi connectivity index (χ1) is 11.2. The zero-order chi connectivity index (χ0) is 17.2. The molecule has 0 bridgehead atoms. The van der Waals surface area contributed by atoms with E-state index in [9.17, 15) is 5.11 Å². The Balaban J connectivity index is 3.37. The fraction of sp³-hybridized carbons (Fsp3) is 0.864. The van der Waals surface area contributed by atoms with Gasteiger partial charge in [0, 0.05) is 0 Å². The van der Waals surface area contributed by atoms with Gasteiger partial charge >= 0.3 is 0 Å². The van der Waals surface area contributed by atoms with E-state index in [-0.39, 0.29) is 6.10 Å². The van der Waals surface area contributed by atoms with Crippen LogP contribution in [0.25, 0.3) is 0 Å². The molecule has 2 atom stereocenters. The number of hydrogen-bond acceptors (Lipinski definition) is 1. The fourth-order valence-electron chi connectivity index (χ4n) is 3.22. The third kappa shape index (κ3) is 17.7. The van der Waals surface area contributed by atoms with Crippen LogP contribution in [0.3, 0.4) is 0 Å². The minimum absolute atomic E-state index is 0.114. The molecule has 0 saturated carbocycles. The summed E-state index contributed by atoms with van der Waals surface area (Å²) in [5.41, 5.74) is 3.00. The Hall–Kier alpha value is -0.520. The molecule has 2 unspecified atom stereocenters. The Morgan fingerprint density at radius 3 is 1.65 bits per heavy atom. The van der Waals surface area contributed by atoms with Crippen molar-refractivity contribution in [2.45, 2.75) is 116 Å². The smallest absolute Gasteiger partial charge is 0.0512 e. The third-order valence-corrected chi connectivity index (χ3v) is 4.73. The van der Waals surface area contributed by atoms with Gasteiger partial charge in [0.1, 0.15) is 0 Å². The van der Waals surface area contributed by atoms with Crippen LogP contribution in [0.15, 0.2) is 18.4 Å². The number of aliphatic hydroxyl groups excluding tert-OH is 1. The topological polar surface area (TPSA) is 20.2 Å². The SMILES string of the molecule is C=C=CC(CCCCC)CCCCCCCCCCCC(C)O. The van der Waals surface area contributed by atoms with Crippen molar-refractivity contribution in [3.8, 4) is 0 Å². The molecular weight excluding hydrogens is 280 g/mol. The second kappa shape index (κ2) is 17.8. The van der Waals surface area contributed by atoms with Crippen molar-refractivity contribution in [2.24, 2.45) is 5.92 Å². The summed E-state index contributed by atoms with van der Waals surface area (Å²) in [6, 6.07) is 0. The van der Waals surface area contributed by atoms with E-state index in [4.69, 9.17) is 0 Å². The molecule has 0 aliphatic rings. The summed E-state index contributed by atoms with van der Waals surface area (Å²) in [5.74, 6) is 0.716. The molecule has 1 heteroatoms. The second-order valence-electron chi connectivity index (χ2n) is 7.24. The van der Waals surface area contributed by atoms with Crippen LogP contribution in [-0.2, 0) is 0 Å². The third-order valence-electron chi connectivity index (χ3n) is 4.73. The quantitative estimate of drug-likeness (QED) is 0.222. The van der Waals surface area contributed by atoms with Crippen LogP contribution in [0.2, 0.25) is 0 Å². The van der Waals surface area contributed by atoms with Crippen molar-refractivity contribution in [1.82, 2.24) is 0 Å². The van der Waals surface area contributed by atoms with Gasteiger partial charge in [-0.05, 0) is 38.2 Å². The molecule has 0 aromatic carbocycles. The van der Waals surface area contributed by atoms with Gasteiger partial charge in [0.05, 0.1) is 6.10 Å². The zero-order valence-electron chi connectivity index (χ0n) is 16.0. The molecule has 0 aliphatic heterocycles. The van der Waals surface area contributed by atoms with Crippen molar-refractivity contribution in [3.05, 3.63) is 18.4 Å². The van der Waals surface area contributed by atoms with E-state index in [1.165, 1.54) is 89.9 Å². The van der Waals surface area contributed by atoms with Gasteiger partial charge in [-0.2, -0.15) is 0 Å². The molecule has 0 spiro atoms. The minimum Gasteiger partial charge on any atom is -0.393 e. The molecule has 0 amide bonds. The molecular formula is C22H42O. The second-order valence-corrected chi connectivity index (χ2v) is 7.24. The molecule has 0 aliphatic carbocycles. The van der Waals surface area contributed by atoms with Crippen molar-refractivity contribution < 1.29 is 5.11 Å². The van der Waals surface area contributed by atoms with Crippen molar-refractivity contribution in [2.75, 3.05) is 0 Å². The van der Waals surface area contributed by atoms with Gasteiger partial charge < -0.3 is 5.11 Å². The van der Waals surface area contributed by atoms with E-state index in [0.717, 1.165) is 6.42 Å². The Labute approximate surface area is 146 Å². The Morgan fingerprint density at radius 2 is 1.22 bits per heavy atom. The monoisotopic (exact) mass is 322 g/mol. The van der Waals surface area contributed by atoms with Gasteiger partial charge in [-0.1, -0.05) is 90.6 Å². The number of unbranched alkanes of at least 4 members (excludes halogenated alkanes) is 10. The van der Waals surface area contributed by atoms with Crippen LogP contribution in [0.4, 0.5) is 0 Å². The summed E-state index contributed by atoms with van der Waals surface area (Å²) in [6.45, 7) is 7.90. The molecule has 1 nitrogen and oxygen atoms in total. The van der Waals surface area contributed by atoms with E-state index in [1.807, 2.05) is 6.92 Å². The van der Waals surface area contributed by atoms with Gasteiger partial charge in [0.2, 0.25) is 0 Å². The average Bonchev–Trinajstić information content (AvgIpc) is 2.52. The highest BCUT2D eigenvalue weighted by Gasteiger charge is 2.04. The summed E-state index contributed by atoms with van der Waals surface area (Å²) >= 11 is 0. The van der Waals surface area contributed by atoms with Crippen molar-refractivity contribution in [1.29, 1.82) is 0 Å². The lowest BCUT2D eigenvalue weighted by Crippen LogP contribution is -1.98. The zero-order valence-corrected chi connectivity index (χ0v) is 16.0. The van der Waals surface area contributed by atoms with Gasteiger partial charge in [0.15, 0.2) is 0 Å². The van der Waals surface area contributed by atoms with Gasteiger partial charge in [-0.15, -0.1) is 5.73 Å². The lowest BCUT2D eigenvalue weighted by atomic mass is 9.94. The molecule has 0 aromatic rings. The van der Waals surface area contributed by atoms with Gasteiger partial charge in [-0.3, -0.25) is 0 Å². The molecule has 23 heavy (non-hydrogen) atoms. The van der Waals surface area contributed by atoms with E-state index in [1.54, 1.807) is 0 Å². The molecule has 0 fully saturated rings. The lowest BCUT2D eigenvalue weighted by molar-refractivity contribution is 0.180. The van der Waals surface area contributed by atoms with E-state index in [0.29, 0.717) is 5.92 Å². The van der Waals surface area contributed by atoms with Crippen LogP contribution >= 0.6 is 0 Å². The maximum atomic E-state index is 9.20. The summed E-state index contributed by atoms with van der Waals surface area (Å²) in [7, 11) is 0. The molecule has 0 saturated heterocycles. The average molecular weight is 323 g/mol. The largest absolute Gasteiger partial charge is 0.393 e. The predicted molar refractivity (Wildman–Crippen MR) is 104 cm³/mol. The van der Waals surface area contributed by atoms with Crippen molar-refractivity contribution in [3.63, 3.8) is 0 Å². The Kier molecular flexibility index (Phi) is 17.4. The molecule has 1 N–H and O–H groups in total. The fourth-order valence-corrected chi connectivity index (χ4v) is 3.22. The molecule has 0 aromatic heterocycles. The molecule has 0 heterocycles. The maximum Gasteiger partial charge on any atom is 0.0512 e. The van der Waals surface area contributed by atoms with Crippen LogP contribution in [0.5, 0.6) is 0 Å². The van der Waals surface area contributed by atoms with E-state index in [2.05, 4.69) is 25.3 Å². The number of rotatable bonds is 17. The van der Waals surface area contributed by atoms with Crippen LogP contribution in [-0.4, -0.2) is 11.2 Å². The van der Waals surface area contributed by atoms with Crippen LogP contribution in [0.1, 0.15) is 110 Å². The lowest BCUT2D eigenvalue weighted by Gasteiger charge is -2.11. The standard InChI is InChI=1S/C22H42O/c1-4-6-14-19-22(17-5-2)20-16-13-11-9-7-8-10-12-15-18-21(3)23/h17,21-23H,2,4,6-16,18-20H2,1,3H3. The minimum atomic E-state index is -0.114. The van der Waals surface area contributed by atoms with Crippen LogP contribution < -0.4 is 0 Å². The highest BCUT2D eigenvalue weighted by Crippen LogP contribution is 2.19. The first-order valence-electron chi connectivity index (χ1n) is 10.2. The van der Waals surface area contributed by atoms with E-state index >= 15 is 0 Å². The van der Waals surface area contributed by atoms with Crippen molar-refractivity contribution >= 4 is 0 Å². The predicted octanol–water partition coefficient (Wildman–Crippen LogP) is 7.20.